The Morgan fingerprint density at radius 1 is 1.31 bits per heavy atom. The van der Waals surface area contributed by atoms with Gasteiger partial charge in [0, 0.05) is 36.9 Å². The molecule has 2 aromatic rings. The van der Waals surface area contributed by atoms with Gasteiger partial charge in [0.15, 0.2) is 5.78 Å². The normalized spacial score (nSPS) is 19.5. The van der Waals surface area contributed by atoms with Crippen molar-refractivity contribution in [3.05, 3.63) is 71.2 Å². The average Bonchev–Trinajstić information content (AvgIpc) is 3.00. The van der Waals surface area contributed by atoms with E-state index in [1.807, 2.05) is 13.0 Å². The second-order valence-corrected chi connectivity index (χ2v) is 9.95. The topological polar surface area (TPSA) is 70.1 Å². The first kappa shape index (κ1) is 20.5. The molecule has 2 N–H and O–H groups in total. The van der Waals surface area contributed by atoms with Crippen molar-refractivity contribution in [3.63, 3.8) is 0 Å². The average molecular weight is 509 g/mol. The first-order valence-corrected chi connectivity index (χ1v) is 11.4. The molecule has 1 aliphatic heterocycles. The number of nitrogens with two attached hydrogens (primary N) is 1. The quantitative estimate of drug-likeness (QED) is 0.507. The molecular formula is C21H16BrCl2N3OS. The molecule has 0 bridgehead atoms. The highest BCUT2D eigenvalue weighted by molar-refractivity contribution is 9.10. The van der Waals surface area contributed by atoms with Crippen LogP contribution in [-0.4, -0.2) is 5.78 Å². The number of anilines is 1. The zero-order chi connectivity index (χ0) is 20.9. The number of carbonyl (C=O) groups is 1. The molecule has 0 saturated carbocycles. The molecule has 29 heavy (non-hydrogen) atoms. The number of carbonyl (C=O) groups excluding carboxylic acids is 1. The highest BCUT2D eigenvalue weighted by Gasteiger charge is 2.41. The summed E-state index contributed by atoms with van der Waals surface area (Å²) in [6.45, 7) is 2.00. The third kappa shape index (κ3) is 3.40. The summed E-state index contributed by atoms with van der Waals surface area (Å²) < 4.78 is 0.960. The van der Waals surface area contributed by atoms with E-state index in [1.54, 1.807) is 34.4 Å². The molecule has 4 rings (SSSR count). The minimum Gasteiger partial charge on any atom is -0.384 e. The summed E-state index contributed by atoms with van der Waals surface area (Å²) in [6.07, 6.45) is 1.87. The summed E-state index contributed by atoms with van der Waals surface area (Å²) in [7, 11) is 0. The molecule has 148 valence electrons. The largest absolute Gasteiger partial charge is 0.384 e. The number of hydrogen-bond acceptors (Lipinski definition) is 5. The molecule has 1 unspecified atom stereocenters. The number of nitrogens with zero attached hydrogens (tertiary/aromatic N) is 2. The minimum atomic E-state index is -0.458. The molecule has 2 aliphatic rings. The van der Waals surface area contributed by atoms with E-state index in [9.17, 15) is 10.1 Å². The van der Waals surface area contributed by atoms with Crippen LogP contribution < -0.4 is 10.6 Å². The van der Waals surface area contributed by atoms with E-state index < -0.39 is 5.92 Å². The van der Waals surface area contributed by atoms with Crippen molar-refractivity contribution in [1.29, 1.82) is 5.26 Å². The summed E-state index contributed by atoms with van der Waals surface area (Å²) in [5.74, 6) is -0.105. The maximum absolute atomic E-state index is 13.1. The Bertz CT molecular complexity index is 1130. The summed E-state index contributed by atoms with van der Waals surface area (Å²) >= 11 is 17.6. The van der Waals surface area contributed by atoms with Crippen LogP contribution in [0.3, 0.4) is 0 Å². The fourth-order valence-corrected chi connectivity index (χ4v) is 6.11. The summed E-state index contributed by atoms with van der Waals surface area (Å²) in [5.41, 5.74) is 8.97. The molecule has 0 amide bonds. The number of nitriles is 1. The van der Waals surface area contributed by atoms with E-state index in [0.717, 1.165) is 26.3 Å². The van der Waals surface area contributed by atoms with Gasteiger partial charge < -0.3 is 5.73 Å². The number of benzene rings is 1. The van der Waals surface area contributed by atoms with Crippen molar-refractivity contribution in [1.82, 2.24) is 0 Å². The maximum Gasteiger partial charge on any atom is 0.161 e. The lowest BCUT2D eigenvalue weighted by atomic mass is 9.78. The number of allylic oxidation sites excluding steroid dienone is 3. The molecule has 0 radical (unpaired) electrons. The number of halogens is 3. The number of Topliss-reactive ketones (excluding diaryl/α,β-unsaturated/α-hetero) is 1. The Morgan fingerprint density at radius 2 is 2.07 bits per heavy atom. The van der Waals surface area contributed by atoms with Gasteiger partial charge in [-0.3, -0.25) is 9.69 Å². The van der Waals surface area contributed by atoms with Crippen LogP contribution in [0, 0.1) is 18.3 Å². The van der Waals surface area contributed by atoms with E-state index in [0.29, 0.717) is 45.5 Å². The molecule has 2 heterocycles. The maximum atomic E-state index is 13.1. The van der Waals surface area contributed by atoms with Crippen LogP contribution >= 0.6 is 50.5 Å². The third-order valence-corrected chi connectivity index (χ3v) is 7.96. The molecule has 1 atom stereocenters. The van der Waals surface area contributed by atoms with Crippen LogP contribution in [0.5, 0.6) is 0 Å². The van der Waals surface area contributed by atoms with Gasteiger partial charge in [-0.25, -0.2) is 0 Å². The molecule has 1 aromatic heterocycles. The zero-order valence-electron chi connectivity index (χ0n) is 15.4. The second kappa shape index (κ2) is 7.81. The van der Waals surface area contributed by atoms with Gasteiger partial charge >= 0.3 is 0 Å². The van der Waals surface area contributed by atoms with Gasteiger partial charge in [0.1, 0.15) is 5.82 Å². The van der Waals surface area contributed by atoms with E-state index in [-0.39, 0.29) is 5.78 Å². The monoisotopic (exact) mass is 507 g/mol. The van der Waals surface area contributed by atoms with Crippen molar-refractivity contribution < 1.29 is 4.79 Å². The Labute approximate surface area is 191 Å². The number of aryl methyl sites for hydroxylation is 1. The summed E-state index contributed by atoms with van der Waals surface area (Å²) in [5, 5.41) is 10.9. The van der Waals surface area contributed by atoms with E-state index >= 15 is 0 Å². The van der Waals surface area contributed by atoms with Crippen molar-refractivity contribution in [2.45, 2.75) is 32.1 Å². The first-order chi connectivity index (χ1) is 13.8. The number of thiophene rings is 1. The van der Waals surface area contributed by atoms with Gasteiger partial charge in [0.05, 0.1) is 28.3 Å². The van der Waals surface area contributed by atoms with Crippen LogP contribution in [0.2, 0.25) is 10.0 Å². The lowest BCUT2D eigenvalue weighted by Gasteiger charge is -2.39. The van der Waals surface area contributed by atoms with Crippen LogP contribution in [0.1, 0.15) is 34.9 Å². The lowest BCUT2D eigenvalue weighted by Crippen LogP contribution is -2.38. The molecule has 0 saturated heterocycles. The first-order valence-electron chi connectivity index (χ1n) is 9.00. The lowest BCUT2D eigenvalue weighted by molar-refractivity contribution is -0.116. The smallest absolute Gasteiger partial charge is 0.161 e. The number of rotatable bonds is 2. The Balaban J connectivity index is 1.99. The number of ketones is 1. The van der Waals surface area contributed by atoms with Crippen LogP contribution in [0.25, 0.3) is 0 Å². The highest BCUT2D eigenvalue weighted by Crippen LogP contribution is 2.49. The predicted octanol–water partition coefficient (Wildman–Crippen LogP) is 6.43. The minimum absolute atomic E-state index is 0.0498. The van der Waals surface area contributed by atoms with E-state index in [1.165, 1.54) is 0 Å². The summed E-state index contributed by atoms with van der Waals surface area (Å²) in [6, 6.07) is 9.36. The van der Waals surface area contributed by atoms with E-state index in [4.69, 9.17) is 28.9 Å². The van der Waals surface area contributed by atoms with Crippen LogP contribution in [0.4, 0.5) is 5.69 Å². The predicted molar refractivity (Wildman–Crippen MR) is 121 cm³/mol. The Morgan fingerprint density at radius 3 is 2.69 bits per heavy atom. The molecular weight excluding hydrogens is 493 g/mol. The van der Waals surface area contributed by atoms with Gasteiger partial charge in [-0.2, -0.15) is 5.26 Å². The third-order valence-electron chi connectivity index (χ3n) is 5.22. The molecule has 4 nitrogen and oxygen atoms in total. The molecule has 8 heteroatoms. The second-order valence-electron chi connectivity index (χ2n) is 6.96. The van der Waals surface area contributed by atoms with Gasteiger partial charge in [0.25, 0.3) is 0 Å². The Kier molecular flexibility index (Phi) is 5.52. The highest BCUT2D eigenvalue weighted by atomic mass is 79.9. The molecule has 1 aliphatic carbocycles. The standard InChI is InChI=1S/C21H16BrCl2N3OS/c1-10-13(22)8-18(29-10)19-12(9-25)21(26)27(15-6-5-11(23)7-14(15)24)16-3-2-4-17(28)20(16)19/h5-8,19H,2-4,26H2,1H3. The molecule has 0 spiro atoms. The van der Waals surface area contributed by atoms with Gasteiger partial charge in [-0.15, -0.1) is 11.3 Å². The van der Waals surface area contributed by atoms with Crippen LogP contribution in [-0.2, 0) is 4.79 Å². The van der Waals surface area contributed by atoms with Crippen molar-refractivity contribution >= 4 is 61.9 Å². The van der Waals surface area contributed by atoms with Crippen molar-refractivity contribution in [2.75, 3.05) is 4.90 Å². The zero-order valence-corrected chi connectivity index (χ0v) is 19.3. The van der Waals surface area contributed by atoms with Gasteiger partial charge in [-0.05, 0) is 60.0 Å². The van der Waals surface area contributed by atoms with Crippen molar-refractivity contribution in [3.8, 4) is 6.07 Å². The van der Waals surface area contributed by atoms with Crippen LogP contribution in [0.15, 0.2) is 51.4 Å². The van der Waals surface area contributed by atoms with Gasteiger partial charge in [-0.1, -0.05) is 23.2 Å². The molecule has 0 fully saturated rings. The number of hydrogen-bond donors (Lipinski definition) is 1. The molecule has 1 aromatic carbocycles. The van der Waals surface area contributed by atoms with Crippen molar-refractivity contribution in [2.24, 2.45) is 5.73 Å². The fraction of sp³-hybridized carbons (Fsp3) is 0.238. The fourth-order valence-electron chi connectivity index (χ4n) is 3.93. The van der Waals surface area contributed by atoms with Gasteiger partial charge in [0.2, 0.25) is 0 Å². The SMILES string of the molecule is Cc1sc(C2C(C#N)=C(N)N(c3ccc(Cl)cc3Cl)C3=C2C(=O)CCC3)cc1Br. The summed E-state index contributed by atoms with van der Waals surface area (Å²) in [4.78, 5) is 16.8. The Hall–Kier alpha value is -1.78. The van der Waals surface area contributed by atoms with E-state index in [2.05, 4.69) is 22.0 Å².